The third kappa shape index (κ3) is 3.47. The quantitative estimate of drug-likeness (QED) is 0.359. The molecule has 9 heteroatoms. The molecular formula is C19H16N6O2S. The maximum atomic E-state index is 11.7. The van der Waals surface area contributed by atoms with Crippen molar-refractivity contribution in [1.82, 2.24) is 15.0 Å². The van der Waals surface area contributed by atoms with Crippen LogP contribution in [0.3, 0.4) is 0 Å². The van der Waals surface area contributed by atoms with Crippen molar-refractivity contribution in [1.29, 1.82) is 0 Å². The van der Waals surface area contributed by atoms with E-state index in [4.69, 9.17) is 0 Å². The lowest BCUT2D eigenvalue weighted by molar-refractivity contribution is -0.383. The van der Waals surface area contributed by atoms with Crippen LogP contribution in [0.1, 0.15) is 11.1 Å². The highest BCUT2D eigenvalue weighted by Crippen LogP contribution is 2.35. The van der Waals surface area contributed by atoms with Crippen LogP contribution < -0.4 is 10.6 Å². The number of nitrogens with zero attached hydrogens (tertiary/aromatic N) is 4. The summed E-state index contributed by atoms with van der Waals surface area (Å²) in [6.45, 7) is 3.99. The molecule has 0 saturated heterocycles. The van der Waals surface area contributed by atoms with Gasteiger partial charge in [0.25, 0.3) is 0 Å². The van der Waals surface area contributed by atoms with Gasteiger partial charge in [-0.05, 0) is 49.2 Å². The molecule has 2 N–H and O–H groups in total. The molecule has 140 valence electrons. The van der Waals surface area contributed by atoms with Crippen molar-refractivity contribution in [2.45, 2.75) is 13.8 Å². The van der Waals surface area contributed by atoms with Crippen LogP contribution in [0.15, 0.2) is 48.8 Å². The van der Waals surface area contributed by atoms with Crippen LogP contribution in [0.4, 0.5) is 28.1 Å². The second kappa shape index (κ2) is 7.20. The second-order valence-electron chi connectivity index (χ2n) is 6.21. The van der Waals surface area contributed by atoms with Gasteiger partial charge in [0, 0.05) is 5.69 Å². The Bertz CT molecular complexity index is 1160. The number of fused-ring (bicyclic) bond motifs is 1. The Kier molecular flexibility index (Phi) is 4.58. The first-order chi connectivity index (χ1) is 13.5. The second-order valence-corrected chi connectivity index (χ2v) is 7.24. The molecule has 4 rings (SSSR count). The van der Waals surface area contributed by atoms with Gasteiger partial charge in [-0.3, -0.25) is 10.1 Å². The zero-order chi connectivity index (χ0) is 19.7. The van der Waals surface area contributed by atoms with Crippen molar-refractivity contribution in [2.24, 2.45) is 0 Å². The van der Waals surface area contributed by atoms with Gasteiger partial charge in [0.1, 0.15) is 6.33 Å². The highest BCUT2D eigenvalue weighted by atomic mass is 32.1. The first-order valence-electron chi connectivity index (χ1n) is 8.47. The van der Waals surface area contributed by atoms with Crippen molar-refractivity contribution in [2.75, 3.05) is 10.6 Å². The average Bonchev–Trinajstić information content (AvgIpc) is 3.07. The van der Waals surface area contributed by atoms with Crippen molar-refractivity contribution in [3.63, 3.8) is 0 Å². The van der Waals surface area contributed by atoms with E-state index in [9.17, 15) is 10.1 Å². The molecule has 0 bridgehead atoms. The van der Waals surface area contributed by atoms with E-state index in [-0.39, 0.29) is 17.3 Å². The number of nitro groups is 1. The van der Waals surface area contributed by atoms with Crippen LogP contribution in [-0.4, -0.2) is 19.9 Å². The minimum atomic E-state index is -0.501. The van der Waals surface area contributed by atoms with Gasteiger partial charge in [-0.1, -0.05) is 29.5 Å². The highest BCUT2D eigenvalue weighted by molar-refractivity contribution is 7.22. The van der Waals surface area contributed by atoms with E-state index in [0.29, 0.717) is 5.13 Å². The van der Waals surface area contributed by atoms with Crippen molar-refractivity contribution >= 4 is 49.7 Å². The number of aryl methyl sites for hydroxylation is 2. The third-order valence-electron chi connectivity index (χ3n) is 4.29. The zero-order valence-corrected chi connectivity index (χ0v) is 15.9. The molecule has 2 heterocycles. The van der Waals surface area contributed by atoms with E-state index in [2.05, 4.69) is 25.6 Å². The normalized spacial score (nSPS) is 10.8. The zero-order valence-electron chi connectivity index (χ0n) is 15.1. The fraction of sp³-hybridized carbons (Fsp3) is 0.105. The van der Waals surface area contributed by atoms with Gasteiger partial charge < -0.3 is 10.6 Å². The first kappa shape index (κ1) is 17.8. The molecule has 0 saturated carbocycles. The van der Waals surface area contributed by atoms with E-state index in [1.54, 1.807) is 0 Å². The molecule has 0 aliphatic heterocycles. The molecule has 8 nitrogen and oxygen atoms in total. The van der Waals surface area contributed by atoms with E-state index in [1.165, 1.54) is 17.7 Å². The van der Waals surface area contributed by atoms with Gasteiger partial charge in [0.15, 0.2) is 5.13 Å². The van der Waals surface area contributed by atoms with E-state index in [1.807, 2.05) is 56.3 Å². The summed E-state index contributed by atoms with van der Waals surface area (Å²) in [5.74, 6) is 0.206. The summed E-state index contributed by atoms with van der Waals surface area (Å²) in [5, 5.41) is 18.3. The molecule has 0 amide bonds. The molecule has 28 heavy (non-hydrogen) atoms. The van der Waals surface area contributed by atoms with Crippen LogP contribution in [0.25, 0.3) is 10.2 Å². The summed E-state index contributed by atoms with van der Waals surface area (Å²) >= 11 is 1.40. The van der Waals surface area contributed by atoms with Gasteiger partial charge in [-0.2, -0.15) is 0 Å². The largest absolute Gasteiger partial charge is 0.353 e. The first-order valence-corrected chi connectivity index (χ1v) is 9.29. The van der Waals surface area contributed by atoms with Crippen LogP contribution in [0, 0.1) is 24.0 Å². The number of rotatable bonds is 5. The molecule has 0 aliphatic rings. The van der Waals surface area contributed by atoms with Gasteiger partial charge >= 0.3 is 5.69 Å². The predicted molar refractivity (Wildman–Crippen MR) is 111 cm³/mol. The number of anilines is 4. The van der Waals surface area contributed by atoms with E-state index in [0.717, 1.165) is 27.0 Å². The minimum Gasteiger partial charge on any atom is -0.334 e. The van der Waals surface area contributed by atoms with E-state index < -0.39 is 4.92 Å². The number of thiazole rings is 1. The standard InChI is InChI=1S/C19H16N6O2S/c1-11-7-8-13(9-12(11)2)22-17-16(25(26)27)18(21-10-20-17)24-19-23-14-5-3-4-6-15(14)28-19/h3-10H,1-2H3,(H2,20,21,22,23,24). The van der Waals surface area contributed by atoms with Crippen molar-refractivity contribution in [3.8, 4) is 0 Å². The van der Waals surface area contributed by atoms with Crippen molar-refractivity contribution in [3.05, 3.63) is 70.0 Å². The summed E-state index contributed by atoms with van der Waals surface area (Å²) in [6, 6.07) is 13.4. The molecule has 0 radical (unpaired) electrons. The molecule has 2 aromatic carbocycles. The lowest BCUT2D eigenvalue weighted by Gasteiger charge is -2.10. The summed E-state index contributed by atoms with van der Waals surface area (Å²) in [4.78, 5) is 23.8. The van der Waals surface area contributed by atoms with Crippen LogP contribution in [0.2, 0.25) is 0 Å². The predicted octanol–water partition coefficient (Wildman–Crippen LogP) is 5.10. The fourth-order valence-electron chi connectivity index (χ4n) is 2.72. The summed E-state index contributed by atoms with van der Waals surface area (Å²) < 4.78 is 0.982. The maximum absolute atomic E-state index is 11.7. The Morgan fingerprint density at radius 2 is 1.75 bits per heavy atom. The van der Waals surface area contributed by atoms with Gasteiger partial charge in [0.2, 0.25) is 11.6 Å². The third-order valence-corrected chi connectivity index (χ3v) is 5.25. The Morgan fingerprint density at radius 1 is 1.00 bits per heavy atom. The molecule has 0 atom stereocenters. The van der Waals surface area contributed by atoms with E-state index >= 15 is 0 Å². The number of benzene rings is 2. The maximum Gasteiger partial charge on any atom is 0.353 e. The number of hydrogen-bond donors (Lipinski definition) is 2. The smallest absolute Gasteiger partial charge is 0.334 e. The molecule has 4 aromatic rings. The Morgan fingerprint density at radius 3 is 2.46 bits per heavy atom. The number of para-hydroxylation sites is 1. The lowest BCUT2D eigenvalue weighted by Crippen LogP contribution is -2.05. The van der Waals surface area contributed by atoms with Crippen LogP contribution in [0.5, 0.6) is 0 Å². The summed E-state index contributed by atoms with van der Waals surface area (Å²) in [6.07, 6.45) is 1.28. The highest BCUT2D eigenvalue weighted by Gasteiger charge is 2.24. The lowest BCUT2D eigenvalue weighted by atomic mass is 10.1. The Balaban J connectivity index is 1.70. The number of hydrogen-bond acceptors (Lipinski definition) is 8. The van der Waals surface area contributed by atoms with Crippen molar-refractivity contribution < 1.29 is 4.92 Å². The average molecular weight is 392 g/mol. The number of aromatic nitrogens is 3. The monoisotopic (exact) mass is 392 g/mol. The molecule has 0 spiro atoms. The fourth-order valence-corrected chi connectivity index (χ4v) is 3.58. The summed E-state index contributed by atoms with van der Waals surface area (Å²) in [5.41, 5.74) is 3.52. The molecular weight excluding hydrogens is 376 g/mol. The van der Waals surface area contributed by atoms with Crippen LogP contribution >= 0.6 is 11.3 Å². The minimum absolute atomic E-state index is 0.0883. The molecule has 0 fully saturated rings. The van der Waals surface area contributed by atoms with Gasteiger partial charge in [0.05, 0.1) is 15.1 Å². The van der Waals surface area contributed by atoms with Crippen LogP contribution in [-0.2, 0) is 0 Å². The molecule has 0 aliphatic carbocycles. The Labute approximate surface area is 164 Å². The number of nitrogens with one attached hydrogen (secondary N) is 2. The molecule has 2 aromatic heterocycles. The summed E-state index contributed by atoms with van der Waals surface area (Å²) in [7, 11) is 0. The Hall–Kier alpha value is -3.59. The van der Waals surface area contributed by atoms with Gasteiger partial charge in [-0.25, -0.2) is 15.0 Å². The topological polar surface area (TPSA) is 106 Å². The SMILES string of the molecule is Cc1ccc(Nc2ncnc(Nc3nc4ccccc4s3)c2[N+](=O)[O-])cc1C. The van der Waals surface area contributed by atoms with Gasteiger partial charge in [-0.15, -0.1) is 0 Å². The molecule has 0 unspecified atom stereocenters.